The number of anilines is 1. The zero-order chi connectivity index (χ0) is 17.1. The third-order valence-corrected chi connectivity index (χ3v) is 4.11. The number of likely N-dealkylation sites (N-methyl/N-ethyl adjacent to an activating group) is 1. The predicted octanol–water partition coefficient (Wildman–Crippen LogP) is 4.29. The highest BCUT2D eigenvalue weighted by Crippen LogP contribution is 2.28. The van der Waals surface area contributed by atoms with Crippen LogP contribution in [-0.2, 0) is 16.0 Å². The van der Waals surface area contributed by atoms with E-state index in [1.54, 1.807) is 18.0 Å². The monoisotopic (exact) mass is 321 g/mol. The number of phenolic OH excluding ortho intramolecular Hbond substituents is 1. The third-order valence-electron chi connectivity index (χ3n) is 4.11. The maximum absolute atomic E-state index is 11.4. The van der Waals surface area contributed by atoms with Gasteiger partial charge in [-0.25, -0.2) is 0 Å². The summed E-state index contributed by atoms with van der Waals surface area (Å²) < 4.78 is 4.67. The summed E-state index contributed by atoms with van der Waals surface area (Å²) >= 11 is 0. The van der Waals surface area contributed by atoms with Crippen molar-refractivity contribution in [2.45, 2.75) is 58.3 Å². The van der Waals surface area contributed by atoms with Gasteiger partial charge in [0.25, 0.3) is 0 Å². The second-order valence-corrected chi connectivity index (χ2v) is 6.13. The summed E-state index contributed by atoms with van der Waals surface area (Å²) in [6, 6.07) is 5.64. The minimum absolute atomic E-state index is 0.130. The lowest BCUT2D eigenvalue weighted by Crippen LogP contribution is -2.26. The smallest absolute Gasteiger partial charge is 0.325 e. The van der Waals surface area contributed by atoms with Gasteiger partial charge >= 0.3 is 5.97 Å². The van der Waals surface area contributed by atoms with Gasteiger partial charge in [0.2, 0.25) is 0 Å². The van der Waals surface area contributed by atoms with Gasteiger partial charge in [-0.2, -0.15) is 0 Å². The van der Waals surface area contributed by atoms with Crippen molar-refractivity contribution in [3.05, 3.63) is 23.8 Å². The molecule has 4 nitrogen and oxygen atoms in total. The molecule has 1 rings (SSSR count). The van der Waals surface area contributed by atoms with Gasteiger partial charge < -0.3 is 14.7 Å². The Balaban J connectivity index is 2.45. The molecule has 1 aromatic rings. The predicted molar refractivity (Wildman–Crippen MR) is 95.1 cm³/mol. The number of ether oxygens (including phenoxy) is 1. The fraction of sp³-hybridized carbons (Fsp3) is 0.632. The highest BCUT2D eigenvalue weighted by molar-refractivity contribution is 5.76. The first kappa shape index (κ1) is 19.3. The average Bonchev–Trinajstić information content (AvgIpc) is 2.55. The molecule has 0 amide bonds. The molecule has 0 bridgehead atoms. The summed E-state index contributed by atoms with van der Waals surface area (Å²) in [4.78, 5) is 13.1. The maximum atomic E-state index is 11.4. The van der Waals surface area contributed by atoms with Gasteiger partial charge in [-0.3, -0.25) is 4.79 Å². The van der Waals surface area contributed by atoms with E-state index in [1.165, 1.54) is 51.2 Å². The summed E-state index contributed by atoms with van der Waals surface area (Å²) in [5.74, 6) is -0.121. The van der Waals surface area contributed by atoms with Gasteiger partial charge in [0.15, 0.2) is 0 Å². The van der Waals surface area contributed by atoms with E-state index in [9.17, 15) is 9.90 Å². The number of esters is 1. The lowest BCUT2D eigenvalue weighted by Gasteiger charge is -2.19. The number of aromatic hydroxyl groups is 1. The van der Waals surface area contributed by atoms with E-state index in [1.807, 2.05) is 12.1 Å². The molecule has 4 heteroatoms. The Hall–Kier alpha value is -1.71. The van der Waals surface area contributed by atoms with Crippen molar-refractivity contribution < 1.29 is 14.6 Å². The molecule has 0 aromatic heterocycles. The Morgan fingerprint density at radius 1 is 1.13 bits per heavy atom. The van der Waals surface area contributed by atoms with Gasteiger partial charge in [0.1, 0.15) is 12.3 Å². The Kier molecular flexibility index (Phi) is 9.18. The second-order valence-electron chi connectivity index (χ2n) is 6.13. The number of hydrogen-bond acceptors (Lipinski definition) is 4. The van der Waals surface area contributed by atoms with Crippen LogP contribution in [0.4, 0.5) is 5.69 Å². The van der Waals surface area contributed by atoms with Crippen molar-refractivity contribution in [3.63, 3.8) is 0 Å². The number of aryl methyl sites for hydroxylation is 1. The van der Waals surface area contributed by atoms with Crippen molar-refractivity contribution in [2.24, 2.45) is 0 Å². The van der Waals surface area contributed by atoms with E-state index < -0.39 is 0 Å². The summed E-state index contributed by atoms with van der Waals surface area (Å²) in [6.07, 6.45) is 10.0. The lowest BCUT2D eigenvalue weighted by atomic mass is 10.0. The van der Waals surface area contributed by atoms with Gasteiger partial charge in [0.05, 0.1) is 12.8 Å². The van der Waals surface area contributed by atoms with Crippen molar-refractivity contribution >= 4 is 11.7 Å². The first-order valence-electron chi connectivity index (χ1n) is 8.68. The van der Waals surface area contributed by atoms with Crippen LogP contribution in [0.25, 0.3) is 0 Å². The maximum Gasteiger partial charge on any atom is 0.325 e. The average molecular weight is 321 g/mol. The number of nitrogens with zero attached hydrogens (tertiary/aromatic N) is 1. The molecule has 1 N–H and O–H groups in total. The molecule has 0 saturated heterocycles. The highest BCUT2D eigenvalue weighted by atomic mass is 16.5. The summed E-state index contributed by atoms with van der Waals surface area (Å²) in [5, 5.41) is 9.99. The molecule has 0 unspecified atom stereocenters. The first-order valence-corrected chi connectivity index (χ1v) is 8.68. The number of phenols is 1. The number of carbonyl (C=O) groups excluding carboxylic acids is 1. The molecule has 0 aliphatic heterocycles. The quantitative estimate of drug-likeness (QED) is 0.488. The van der Waals surface area contributed by atoms with E-state index in [-0.39, 0.29) is 18.3 Å². The first-order chi connectivity index (χ1) is 11.1. The molecular formula is C19H31NO3. The minimum Gasteiger partial charge on any atom is -0.506 e. The van der Waals surface area contributed by atoms with E-state index in [4.69, 9.17) is 0 Å². The fourth-order valence-corrected chi connectivity index (χ4v) is 2.66. The largest absolute Gasteiger partial charge is 0.506 e. The van der Waals surface area contributed by atoms with Gasteiger partial charge in [-0.05, 0) is 30.5 Å². The Labute approximate surface area is 140 Å². The van der Waals surface area contributed by atoms with E-state index in [0.717, 1.165) is 12.8 Å². The van der Waals surface area contributed by atoms with Crippen LogP contribution in [0.5, 0.6) is 5.75 Å². The minimum atomic E-state index is -0.315. The summed E-state index contributed by atoms with van der Waals surface area (Å²) in [6.45, 7) is 2.37. The van der Waals surface area contributed by atoms with Crippen LogP contribution >= 0.6 is 0 Å². The molecule has 0 fully saturated rings. The topological polar surface area (TPSA) is 49.8 Å². The summed E-state index contributed by atoms with van der Waals surface area (Å²) in [7, 11) is 3.15. The number of methoxy groups -OCH3 is 1. The van der Waals surface area contributed by atoms with Gasteiger partial charge in [-0.1, -0.05) is 51.5 Å². The standard InChI is InChI=1S/C19H31NO3/c1-4-5-6-7-8-9-10-11-16-12-13-18(21)17(14-16)20(2)15-19(22)23-3/h12-14,21H,4-11,15H2,1-3H3. The van der Waals surface area contributed by atoms with Crippen molar-refractivity contribution in [2.75, 3.05) is 25.6 Å². The normalized spacial score (nSPS) is 10.6. The Bertz CT molecular complexity index is 474. The molecule has 0 aliphatic carbocycles. The lowest BCUT2D eigenvalue weighted by molar-refractivity contribution is -0.138. The van der Waals surface area contributed by atoms with Crippen LogP contribution in [-0.4, -0.2) is 31.8 Å². The highest BCUT2D eigenvalue weighted by Gasteiger charge is 2.12. The van der Waals surface area contributed by atoms with Gasteiger partial charge in [0, 0.05) is 7.05 Å². The molecular weight excluding hydrogens is 290 g/mol. The Morgan fingerprint density at radius 3 is 2.43 bits per heavy atom. The third kappa shape index (κ3) is 7.40. The number of benzene rings is 1. The number of unbranched alkanes of at least 4 members (excludes halogenated alkanes) is 6. The second kappa shape index (κ2) is 10.9. The van der Waals surface area contributed by atoms with E-state index in [0.29, 0.717) is 5.69 Å². The van der Waals surface area contributed by atoms with Crippen molar-refractivity contribution in [3.8, 4) is 5.75 Å². The molecule has 0 spiro atoms. The zero-order valence-electron chi connectivity index (χ0n) is 14.8. The SMILES string of the molecule is CCCCCCCCCc1ccc(O)c(N(C)CC(=O)OC)c1. The molecule has 130 valence electrons. The van der Waals surface area contributed by atoms with Crippen molar-refractivity contribution in [1.82, 2.24) is 0 Å². The van der Waals surface area contributed by atoms with Crippen LogP contribution in [0.2, 0.25) is 0 Å². The number of hydrogen-bond donors (Lipinski definition) is 1. The fourth-order valence-electron chi connectivity index (χ4n) is 2.66. The van der Waals surface area contributed by atoms with Crippen LogP contribution < -0.4 is 4.90 Å². The molecule has 0 saturated carbocycles. The molecule has 0 aliphatic rings. The van der Waals surface area contributed by atoms with Crippen LogP contribution in [0, 0.1) is 0 Å². The number of rotatable bonds is 11. The molecule has 0 heterocycles. The van der Waals surface area contributed by atoms with Crippen molar-refractivity contribution in [1.29, 1.82) is 0 Å². The molecule has 0 radical (unpaired) electrons. The van der Waals surface area contributed by atoms with E-state index in [2.05, 4.69) is 11.7 Å². The van der Waals surface area contributed by atoms with Crippen LogP contribution in [0.15, 0.2) is 18.2 Å². The molecule has 0 atom stereocenters. The van der Waals surface area contributed by atoms with E-state index >= 15 is 0 Å². The Morgan fingerprint density at radius 2 is 1.78 bits per heavy atom. The summed E-state index contributed by atoms with van der Waals surface area (Å²) in [5.41, 5.74) is 1.87. The zero-order valence-corrected chi connectivity index (χ0v) is 14.8. The number of carbonyl (C=O) groups is 1. The van der Waals surface area contributed by atoms with Crippen LogP contribution in [0.3, 0.4) is 0 Å². The molecule has 1 aromatic carbocycles. The molecule has 23 heavy (non-hydrogen) atoms. The van der Waals surface area contributed by atoms with Gasteiger partial charge in [-0.15, -0.1) is 0 Å². The van der Waals surface area contributed by atoms with Crippen LogP contribution in [0.1, 0.15) is 57.4 Å².